The lowest BCUT2D eigenvalue weighted by molar-refractivity contribution is -0.117. The van der Waals surface area contributed by atoms with Gasteiger partial charge in [0.15, 0.2) is 5.13 Å². The summed E-state index contributed by atoms with van der Waals surface area (Å²) in [5.41, 5.74) is 1.91. The topological polar surface area (TPSA) is 62.3 Å². The number of benzene rings is 1. The summed E-state index contributed by atoms with van der Waals surface area (Å²) in [5, 5.41) is 5.80. The number of anilines is 2. The molecule has 0 radical (unpaired) electrons. The number of halogens is 1. The lowest BCUT2D eigenvalue weighted by atomic mass is 9.93. The van der Waals surface area contributed by atoms with Crippen LogP contribution in [0.3, 0.4) is 0 Å². The summed E-state index contributed by atoms with van der Waals surface area (Å²) in [6.07, 6.45) is 1.32. The van der Waals surface area contributed by atoms with Crippen LogP contribution in [0.2, 0.25) is 5.02 Å². The van der Waals surface area contributed by atoms with Crippen LogP contribution >= 0.6 is 22.9 Å². The van der Waals surface area contributed by atoms with Gasteiger partial charge in [-0.05, 0) is 24.6 Å². The third kappa shape index (κ3) is 3.85. The van der Waals surface area contributed by atoms with Crippen molar-refractivity contribution in [2.75, 3.05) is 16.8 Å². The minimum Gasteiger partial charge on any atom is -0.311 e. The lowest BCUT2D eigenvalue weighted by Crippen LogP contribution is -2.24. The van der Waals surface area contributed by atoms with Gasteiger partial charge in [0.1, 0.15) is 0 Å². The summed E-state index contributed by atoms with van der Waals surface area (Å²) >= 11 is 7.62. The highest BCUT2D eigenvalue weighted by Crippen LogP contribution is 2.31. The Hall–Kier alpha value is -1.92. The first kappa shape index (κ1) is 17.9. The molecule has 1 aliphatic rings. The van der Waals surface area contributed by atoms with Gasteiger partial charge < -0.3 is 4.90 Å². The summed E-state index contributed by atoms with van der Waals surface area (Å²) in [6, 6.07) is 4.97. The van der Waals surface area contributed by atoms with Crippen molar-refractivity contribution in [1.29, 1.82) is 0 Å². The molecule has 0 bridgehead atoms. The lowest BCUT2D eigenvalue weighted by Gasteiger charge is -2.18. The molecule has 0 saturated carbocycles. The molecule has 1 fully saturated rings. The third-order valence-corrected chi connectivity index (χ3v) is 5.14. The van der Waals surface area contributed by atoms with Crippen LogP contribution in [0.4, 0.5) is 10.8 Å². The largest absolute Gasteiger partial charge is 0.311 e. The van der Waals surface area contributed by atoms with Crippen molar-refractivity contribution in [2.45, 2.75) is 39.0 Å². The second kappa shape index (κ2) is 6.77. The maximum absolute atomic E-state index is 12.5. The summed E-state index contributed by atoms with van der Waals surface area (Å²) < 4.78 is 0. The van der Waals surface area contributed by atoms with Crippen LogP contribution in [0.15, 0.2) is 23.6 Å². The number of hydrogen-bond donors (Lipinski definition) is 1. The van der Waals surface area contributed by atoms with E-state index >= 15 is 0 Å². The average Bonchev–Trinajstić information content (AvgIpc) is 3.16. The number of carbonyl (C=O) groups excluding carboxylic acids is 2. The summed E-state index contributed by atoms with van der Waals surface area (Å²) in [4.78, 5) is 30.6. The molecule has 0 atom stereocenters. The first-order valence-corrected chi connectivity index (χ1v) is 9.39. The monoisotopic (exact) mass is 377 g/mol. The molecule has 132 valence electrons. The van der Waals surface area contributed by atoms with E-state index in [0.717, 1.165) is 12.1 Å². The van der Waals surface area contributed by atoms with E-state index in [2.05, 4.69) is 31.1 Å². The summed E-state index contributed by atoms with van der Waals surface area (Å²) in [7, 11) is 0. The molecule has 1 N–H and O–H groups in total. The van der Waals surface area contributed by atoms with Crippen LogP contribution in [0.5, 0.6) is 0 Å². The second-order valence-electron chi connectivity index (χ2n) is 7.06. The number of amides is 2. The molecule has 0 spiro atoms. The van der Waals surface area contributed by atoms with Crippen molar-refractivity contribution in [3.05, 3.63) is 39.9 Å². The first-order chi connectivity index (χ1) is 11.8. The predicted molar refractivity (Wildman–Crippen MR) is 102 cm³/mol. The van der Waals surface area contributed by atoms with E-state index in [1.807, 2.05) is 5.38 Å². The fourth-order valence-corrected chi connectivity index (χ4v) is 3.76. The van der Waals surface area contributed by atoms with Gasteiger partial charge in [-0.2, -0.15) is 0 Å². The number of rotatable bonds is 3. The number of nitrogens with one attached hydrogen (secondary N) is 1. The Kier molecular flexibility index (Phi) is 4.84. The van der Waals surface area contributed by atoms with Crippen molar-refractivity contribution in [3.8, 4) is 0 Å². The van der Waals surface area contributed by atoms with Crippen LogP contribution in [0.1, 0.15) is 49.7 Å². The molecule has 1 aliphatic heterocycles. The van der Waals surface area contributed by atoms with Gasteiger partial charge >= 0.3 is 0 Å². The van der Waals surface area contributed by atoms with Crippen LogP contribution in [0.25, 0.3) is 0 Å². The van der Waals surface area contributed by atoms with Gasteiger partial charge in [0.25, 0.3) is 5.91 Å². The predicted octanol–water partition coefficient (Wildman–Crippen LogP) is 4.47. The van der Waals surface area contributed by atoms with E-state index in [0.29, 0.717) is 34.4 Å². The van der Waals surface area contributed by atoms with Gasteiger partial charge in [0.2, 0.25) is 5.91 Å². The zero-order valence-corrected chi connectivity index (χ0v) is 16.0. The summed E-state index contributed by atoms with van der Waals surface area (Å²) in [5.74, 6) is -0.228. The minimum atomic E-state index is -0.264. The standard InChI is InChI=1S/C18H20ClN3O2S/c1-18(2,3)14-10-25-17(20-14)21-16(24)11-6-7-12(19)13(9-11)22-8-4-5-15(22)23/h6-7,9-10H,4-5,8H2,1-3H3,(H,20,21,24). The summed E-state index contributed by atoms with van der Waals surface area (Å²) in [6.45, 7) is 6.86. The van der Waals surface area contributed by atoms with E-state index < -0.39 is 0 Å². The molecule has 0 aliphatic carbocycles. The van der Waals surface area contributed by atoms with E-state index in [1.165, 1.54) is 11.3 Å². The highest BCUT2D eigenvalue weighted by molar-refractivity contribution is 7.14. The molecule has 2 amide bonds. The Bertz CT molecular complexity index is 826. The highest BCUT2D eigenvalue weighted by atomic mass is 35.5. The molecular formula is C18H20ClN3O2S. The molecule has 1 saturated heterocycles. The number of aromatic nitrogens is 1. The van der Waals surface area contributed by atoms with Crippen molar-refractivity contribution in [3.63, 3.8) is 0 Å². The van der Waals surface area contributed by atoms with Gasteiger partial charge in [0.05, 0.1) is 16.4 Å². The number of thiazole rings is 1. The smallest absolute Gasteiger partial charge is 0.257 e. The quantitative estimate of drug-likeness (QED) is 0.858. The number of hydrogen-bond acceptors (Lipinski definition) is 4. The molecule has 3 rings (SSSR count). The van der Waals surface area contributed by atoms with Gasteiger partial charge in [0, 0.05) is 29.3 Å². The Morgan fingerprint density at radius 1 is 1.36 bits per heavy atom. The van der Waals surface area contributed by atoms with Gasteiger partial charge in [-0.1, -0.05) is 32.4 Å². The van der Waals surface area contributed by atoms with Crippen molar-refractivity contribution in [2.24, 2.45) is 0 Å². The average molecular weight is 378 g/mol. The molecule has 1 aromatic carbocycles. The Balaban J connectivity index is 1.81. The Morgan fingerprint density at radius 3 is 2.72 bits per heavy atom. The highest BCUT2D eigenvalue weighted by Gasteiger charge is 2.25. The van der Waals surface area contributed by atoms with E-state index in [9.17, 15) is 9.59 Å². The van der Waals surface area contributed by atoms with Crippen molar-refractivity contribution in [1.82, 2.24) is 4.98 Å². The SMILES string of the molecule is CC(C)(C)c1csc(NC(=O)c2ccc(Cl)c(N3CCCC3=O)c2)n1. The molecule has 25 heavy (non-hydrogen) atoms. The van der Waals surface area contributed by atoms with Gasteiger partial charge in [-0.3, -0.25) is 14.9 Å². The molecule has 2 heterocycles. The van der Waals surface area contributed by atoms with Crippen molar-refractivity contribution < 1.29 is 9.59 Å². The molecule has 7 heteroatoms. The minimum absolute atomic E-state index is 0.0363. The van der Waals surface area contributed by atoms with E-state index in [-0.39, 0.29) is 17.2 Å². The number of carbonyl (C=O) groups is 2. The van der Waals surface area contributed by atoms with Crippen LogP contribution in [-0.4, -0.2) is 23.3 Å². The zero-order chi connectivity index (χ0) is 18.2. The molecule has 1 aromatic heterocycles. The van der Waals surface area contributed by atoms with E-state index in [4.69, 9.17) is 11.6 Å². The van der Waals surface area contributed by atoms with Crippen molar-refractivity contribution >= 4 is 45.6 Å². The fourth-order valence-electron chi connectivity index (χ4n) is 2.61. The zero-order valence-electron chi connectivity index (χ0n) is 14.4. The van der Waals surface area contributed by atoms with Crippen LogP contribution in [0, 0.1) is 0 Å². The Morgan fingerprint density at radius 2 is 2.12 bits per heavy atom. The molecular weight excluding hydrogens is 358 g/mol. The molecule has 0 unspecified atom stereocenters. The Labute approximate surface area is 156 Å². The van der Waals surface area contributed by atoms with Gasteiger partial charge in [-0.15, -0.1) is 11.3 Å². The number of nitrogens with zero attached hydrogens (tertiary/aromatic N) is 2. The third-order valence-electron chi connectivity index (χ3n) is 4.07. The molecule has 2 aromatic rings. The normalized spacial score (nSPS) is 14.9. The maximum Gasteiger partial charge on any atom is 0.257 e. The van der Waals surface area contributed by atoms with Crippen LogP contribution in [-0.2, 0) is 10.2 Å². The molecule has 5 nitrogen and oxygen atoms in total. The second-order valence-corrected chi connectivity index (χ2v) is 8.32. The van der Waals surface area contributed by atoms with E-state index in [1.54, 1.807) is 23.1 Å². The van der Waals surface area contributed by atoms with Gasteiger partial charge in [-0.25, -0.2) is 4.98 Å². The first-order valence-electron chi connectivity index (χ1n) is 8.13. The maximum atomic E-state index is 12.5. The van der Waals surface area contributed by atoms with Crippen LogP contribution < -0.4 is 10.2 Å². The fraction of sp³-hybridized carbons (Fsp3) is 0.389.